The fourth-order valence-electron chi connectivity index (χ4n) is 4.06. The summed E-state index contributed by atoms with van der Waals surface area (Å²) >= 11 is 6.05. The number of carboxylic acid groups (broad SMARTS) is 1. The number of amides is 1. The average molecular weight is 619 g/mol. The van der Waals surface area contributed by atoms with E-state index < -0.39 is 33.6 Å². The maximum Gasteiger partial charge on any atom is 0.410 e. The van der Waals surface area contributed by atoms with E-state index in [0.717, 1.165) is 11.6 Å². The fourth-order valence-corrected chi connectivity index (χ4v) is 5.54. The van der Waals surface area contributed by atoms with Gasteiger partial charge in [0.2, 0.25) is 9.84 Å². The number of aliphatic hydroxyl groups excluding tert-OH is 2. The number of nitrogens with one attached hydrogen (secondary N) is 1. The van der Waals surface area contributed by atoms with E-state index in [1.807, 2.05) is 0 Å². The molecule has 0 aromatic heterocycles. The van der Waals surface area contributed by atoms with Gasteiger partial charge in [0.05, 0.1) is 34.6 Å². The highest BCUT2D eigenvalue weighted by molar-refractivity contribution is 7.91. The molecule has 42 heavy (non-hydrogen) atoms. The van der Waals surface area contributed by atoms with Crippen LogP contribution in [0, 0.1) is 0 Å². The second-order valence-electron chi connectivity index (χ2n) is 10.6. The standard InChI is InChI=1S/C30H35ClN2O8S/c1-30(2,3)41-29(38)33(19-27(35)21-5-4-6-22(31)17-21)15-13-20-7-9-23(10-8-20)42(39,40)24-11-12-26(32-14-16-34)25(18-24)28(36)37/h4-12,17-18,27,32,34-35H,13-16,19H2,1-3H3,(H,36,37)/t27-/m1/s1. The van der Waals surface area contributed by atoms with Crippen LogP contribution >= 0.6 is 11.6 Å². The molecule has 0 aliphatic carbocycles. The van der Waals surface area contributed by atoms with Crippen molar-refractivity contribution in [2.24, 2.45) is 0 Å². The van der Waals surface area contributed by atoms with Crippen molar-refractivity contribution >= 4 is 39.2 Å². The number of anilines is 1. The number of aromatic carboxylic acids is 1. The lowest BCUT2D eigenvalue weighted by Gasteiger charge is -2.29. The molecule has 12 heteroatoms. The number of rotatable bonds is 12. The molecule has 0 heterocycles. The third kappa shape index (κ3) is 8.93. The van der Waals surface area contributed by atoms with Crippen molar-refractivity contribution in [3.8, 4) is 0 Å². The van der Waals surface area contributed by atoms with Crippen LogP contribution in [0.4, 0.5) is 10.5 Å². The normalized spacial score (nSPS) is 12.4. The first-order valence-corrected chi connectivity index (χ1v) is 15.0. The Hall–Kier alpha value is -3.64. The van der Waals surface area contributed by atoms with E-state index in [9.17, 15) is 28.2 Å². The number of halogens is 1. The van der Waals surface area contributed by atoms with Crippen molar-refractivity contribution in [1.29, 1.82) is 0 Å². The maximum absolute atomic E-state index is 13.3. The highest BCUT2D eigenvalue weighted by atomic mass is 35.5. The number of nitrogens with zero attached hydrogens (tertiary/aromatic N) is 1. The molecule has 3 aromatic carbocycles. The monoisotopic (exact) mass is 618 g/mol. The molecule has 0 aliphatic rings. The quantitative estimate of drug-likeness (QED) is 0.224. The van der Waals surface area contributed by atoms with Gasteiger partial charge in [0, 0.05) is 23.8 Å². The lowest BCUT2D eigenvalue weighted by atomic mass is 10.1. The number of carbonyl (C=O) groups excluding carboxylic acids is 1. The molecule has 0 fully saturated rings. The van der Waals surface area contributed by atoms with Gasteiger partial charge in [-0.1, -0.05) is 35.9 Å². The minimum atomic E-state index is -4.03. The van der Waals surface area contributed by atoms with Gasteiger partial charge in [-0.05, 0) is 80.8 Å². The molecule has 1 amide bonds. The first-order valence-electron chi connectivity index (χ1n) is 13.2. The zero-order valence-electron chi connectivity index (χ0n) is 23.6. The molecule has 0 spiro atoms. The smallest absolute Gasteiger partial charge is 0.410 e. The predicted molar refractivity (Wildman–Crippen MR) is 159 cm³/mol. The summed E-state index contributed by atoms with van der Waals surface area (Å²) in [5.74, 6) is -1.31. The molecular weight excluding hydrogens is 584 g/mol. The van der Waals surface area contributed by atoms with Crippen LogP contribution in [-0.2, 0) is 21.0 Å². The Bertz CT molecular complexity index is 1500. The van der Waals surface area contributed by atoms with Gasteiger partial charge in [-0.2, -0.15) is 0 Å². The molecule has 1 atom stereocenters. The van der Waals surface area contributed by atoms with E-state index in [-0.39, 0.29) is 47.3 Å². The van der Waals surface area contributed by atoms with Gasteiger partial charge in [-0.3, -0.25) is 0 Å². The molecule has 4 N–H and O–H groups in total. The molecular formula is C30H35ClN2O8S. The van der Waals surface area contributed by atoms with Crippen LogP contribution in [0.1, 0.15) is 48.4 Å². The van der Waals surface area contributed by atoms with Crippen molar-refractivity contribution in [2.75, 3.05) is 31.6 Å². The summed E-state index contributed by atoms with van der Waals surface area (Å²) in [7, 11) is -4.03. The number of ether oxygens (including phenoxy) is 1. The van der Waals surface area contributed by atoms with Gasteiger partial charge in [0.15, 0.2) is 0 Å². The van der Waals surface area contributed by atoms with Crippen molar-refractivity contribution in [3.05, 3.63) is 88.4 Å². The Morgan fingerprint density at radius 3 is 2.29 bits per heavy atom. The van der Waals surface area contributed by atoms with Crippen LogP contribution in [0.5, 0.6) is 0 Å². The van der Waals surface area contributed by atoms with Crippen LogP contribution in [0.15, 0.2) is 76.5 Å². The first kappa shape index (κ1) is 32.9. The van der Waals surface area contributed by atoms with Crippen molar-refractivity contribution in [2.45, 2.75) is 48.7 Å². The van der Waals surface area contributed by atoms with Crippen LogP contribution in [-0.4, -0.2) is 72.5 Å². The number of sulfone groups is 1. The third-order valence-electron chi connectivity index (χ3n) is 6.14. The predicted octanol–water partition coefficient (Wildman–Crippen LogP) is 4.79. The molecule has 0 radical (unpaired) electrons. The number of hydrogen-bond donors (Lipinski definition) is 4. The van der Waals surface area contributed by atoms with Crippen LogP contribution < -0.4 is 5.32 Å². The van der Waals surface area contributed by atoms with Gasteiger partial charge < -0.3 is 30.3 Å². The molecule has 0 saturated carbocycles. The van der Waals surface area contributed by atoms with E-state index in [4.69, 9.17) is 21.4 Å². The van der Waals surface area contributed by atoms with Gasteiger partial charge in [-0.15, -0.1) is 0 Å². The Kier molecular flexibility index (Phi) is 11.0. The van der Waals surface area contributed by atoms with E-state index in [2.05, 4.69) is 5.32 Å². The van der Waals surface area contributed by atoms with Gasteiger partial charge in [0.25, 0.3) is 0 Å². The molecule has 0 aliphatic heterocycles. The fraction of sp³-hybridized carbons (Fsp3) is 0.333. The van der Waals surface area contributed by atoms with Gasteiger partial charge in [-0.25, -0.2) is 18.0 Å². The Morgan fingerprint density at radius 1 is 1.02 bits per heavy atom. The highest BCUT2D eigenvalue weighted by Crippen LogP contribution is 2.26. The molecule has 10 nitrogen and oxygen atoms in total. The second-order valence-corrected chi connectivity index (χ2v) is 12.9. The van der Waals surface area contributed by atoms with E-state index in [1.165, 1.54) is 29.2 Å². The molecule has 226 valence electrons. The summed E-state index contributed by atoms with van der Waals surface area (Å²) in [6, 6.07) is 16.5. The number of carbonyl (C=O) groups is 2. The number of benzene rings is 3. The highest BCUT2D eigenvalue weighted by Gasteiger charge is 2.25. The summed E-state index contributed by atoms with van der Waals surface area (Å²) < 4.78 is 32.0. The molecule has 0 bridgehead atoms. The molecule has 0 unspecified atom stereocenters. The molecule has 3 rings (SSSR count). The summed E-state index contributed by atoms with van der Waals surface area (Å²) in [4.78, 5) is 25.8. The van der Waals surface area contributed by atoms with E-state index in [0.29, 0.717) is 17.0 Å². The van der Waals surface area contributed by atoms with E-state index in [1.54, 1.807) is 57.2 Å². The average Bonchev–Trinajstić information content (AvgIpc) is 2.93. The first-order chi connectivity index (χ1) is 19.7. The largest absolute Gasteiger partial charge is 0.478 e. The van der Waals surface area contributed by atoms with Crippen LogP contribution in [0.2, 0.25) is 5.02 Å². The molecule has 0 saturated heterocycles. The SMILES string of the molecule is CC(C)(C)OC(=O)N(CCc1ccc(S(=O)(=O)c2ccc(NCCO)c(C(=O)O)c2)cc1)C[C@@H](O)c1cccc(Cl)c1. The summed E-state index contributed by atoms with van der Waals surface area (Å²) in [5, 5.41) is 32.5. The lowest BCUT2D eigenvalue weighted by molar-refractivity contribution is 0.0147. The molecule has 3 aromatic rings. The van der Waals surface area contributed by atoms with Crippen molar-refractivity contribution in [1.82, 2.24) is 4.90 Å². The zero-order chi connectivity index (χ0) is 31.1. The number of hydrogen-bond acceptors (Lipinski definition) is 8. The van der Waals surface area contributed by atoms with Crippen LogP contribution in [0.25, 0.3) is 0 Å². The minimum Gasteiger partial charge on any atom is -0.478 e. The minimum absolute atomic E-state index is 0.0287. The summed E-state index contributed by atoms with van der Waals surface area (Å²) in [6.07, 6.45) is -1.27. The van der Waals surface area contributed by atoms with E-state index >= 15 is 0 Å². The lowest BCUT2D eigenvalue weighted by Crippen LogP contribution is -2.40. The topological polar surface area (TPSA) is 153 Å². The second kappa shape index (κ2) is 14.0. The zero-order valence-corrected chi connectivity index (χ0v) is 25.2. The van der Waals surface area contributed by atoms with Crippen molar-refractivity contribution < 1.29 is 38.1 Å². The van der Waals surface area contributed by atoms with Gasteiger partial charge in [0.1, 0.15) is 5.60 Å². The maximum atomic E-state index is 13.3. The Balaban J connectivity index is 1.77. The van der Waals surface area contributed by atoms with Crippen molar-refractivity contribution in [3.63, 3.8) is 0 Å². The Labute approximate surface area is 250 Å². The Morgan fingerprint density at radius 2 is 1.69 bits per heavy atom. The number of aliphatic hydroxyl groups is 2. The summed E-state index contributed by atoms with van der Waals surface area (Å²) in [5.41, 5.74) is 0.493. The third-order valence-corrected chi connectivity index (χ3v) is 8.14. The van der Waals surface area contributed by atoms with Gasteiger partial charge >= 0.3 is 12.1 Å². The van der Waals surface area contributed by atoms with Crippen LogP contribution in [0.3, 0.4) is 0 Å². The number of carboxylic acids is 1. The summed E-state index contributed by atoms with van der Waals surface area (Å²) in [6.45, 7) is 5.26.